The smallest absolute Gasteiger partial charge is 0.287 e. The molecule has 25 heavy (non-hydrogen) atoms. The second-order valence-electron chi connectivity index (χ2n) is 6.76. The summed E-state index contributed by atoms with van der Waals surface area (Å²) in [4.78, 5) is 25.0. The molecule has 2 N–H and O–H groups in total. The van der Waals surface area contributed by atoms with Crippen LogP contribution in [0.4, 0.5) is 0 Å². The van der Waals surface area contributed by atoms with Gasteiger partial charge in [-0.3, -0.25) is 9.59 Å². The molecule has 0 radical (unpaired) electrons. The van der Waals surface area contributed by atoms with Crippen molar-refractivity contribution in [3.8, 4) is 0 Å². The Kier molecular flexibility index (Phi) is 5.22. The molecular formula is C20H24N2O3. The summed E-state index contributed by atoms with van der Waals surface area (Å²) in [7, 11) is 0. The summed E-state index contributed by atoms with van der Waals surface area (Å²) in [5.41, 5.74) is 1.26. The van der Waals surface area contributed by atoms with E-state index in [0.717, 1.165) is 24.8 Å². The van der Waals surface area contributed by atoms with Gasteiger partial charge >= 0.3 is 0 Å². The van der Waals surface area contributed by atoms with Gasteiger partial charge in [-0.25, -0.2) is 0 Å². The summed E-state index contributed by atoms with van der Waals surface area (Å²) in [5.74, 6) is -0.320. The van der Waals surface area contributed by atoms with Crippen LogP contribution in [0.25, 0.3) is 0 Å². The second-order valence-corrected chi connectivity index (χ2v) is 6.76. The molecule has 1 fully saturated rings. The van der Waals surface area contributed by atoms with Gasteiger partial charge in [0.25, 0.3) is 5.91 Å². The number of rotatable bonds is 8. The minimum absolute atomic E-state index is 0.150. The van der Waals surface area contributed by atoms with Crippen LogP contribution in [-0.2, 0) is 11.2 Å². The van der Waals surface area contributed by atoms with Gasteiger partial charge in [-0.2, -0.15) is 0 Å². The van der Waals surface area contributed by atoms with E-state index >= 15 is 0 Å². The van der Waals surface area contributed by atoms with Crippen LogP contribution < -0.4 is 10.6 Å². The highest BCUT2D eigenvalue weighted by Crippen LogP contribution is 2.47. The Labute approximate surface area is 147 Å². The fourth-order valence-corrected chi connectivity index (χ4v) is 2.93. The van der Waals surface area contributed by atoms with Crippen molar-refractivity contribution in [3.63, 3.8) is 0 Å². The van der Waals surface area contributed by atoms with Gasteiger partial charge in [-0.1, -0.05) is 37.3 Å². The van der Waals surface area contributed by atoms with E-state index in [4.69, 9.17) is 4.42 Å². The molecule has 1 aliphatic rings. The summed E-state index contributed by atoms with van der Waals surface area (Å²) in [6, 6.07) is 12.3. The lowest BCUT2D eigenvalue weighted by molar-refractivity contribution is -0.123. The predicted octanol–water partition coefficient (Wildman–Crippen LogP) is 2.93. The molecule has 2 aromatic rings. The molecule has 0 aliphatic heterocycles. The van der Waals surface area contributed by atoms with Gasteiger partial charge in [0.15, 0.2) is 5.76 Å². The number of nitrogens with one attached hydrogen (secondary N) is 2. The third-order valence-corrected chi connectivity index (χ3v) is 4.99. The lowest BCUT2D eigenvalue weighted by atomic mass is 10.0. The van der Waals surface area contributed by atoms with E-state index < -0.39 is 6.04 Å². The molecule has 132 valence electrons. The van der Waals surface area contributed by atoms with Crippen molar-refractivity contribution in [2.45, 2.75) is 38.6 Å². The number of furan rings is 1. The summed E-state index contributed by atoms with van der Waals surface area (Å²) in [5, 5.41) is 5.82. The third-order valence-electron chi connectivity index (χ3n) is 4.99. The molecule has 1 aromatic carbocycles. The normalized spacial score (nSPS) is 16.0. The fourth-order valence-electron chi connectivity index (χ4n) is 2.93. The van der Waals surface area contributed by atoms with Crippen molar-refractivity contribution < 1.29 is 14.0 Å². The van der Waals surface area contributed by atoms with E-state index in [-0.39, 0.29) is 23.0 Å². The van der Waals surface area contributed by atoms with Crippen LogP contribution in [0.15, 0.2) is 53.1 Å². The molecule has 0 spiro atoms. The average Bonchev–Trinajstić information content (AvgIpc) is 3.21. The van der Waals surface area contributed by atoms with Crippen molar-refractivity contribution in [2.24, 2.45) is 5.41 Å². The van der Waals surface area contributed by atoms with Gasteiger partial charge in [-0.15, -0.1) is 0 Å². The maximum absolute atomic E-state index is 12.7. The van der Waals surface area contributed by atoms with Gasteiger partial charge in [0.2, 0.25) is 5.91 Å². The highest BCUT2D eigenvalue weighted by atomic mass is 16.3. The molecule has 5 heteroatoms. The van der Waals surface area contributed by atoms with Crippen molar-refractivity contribution >= 4 is 11.8 Å². The van der Waals surface area contributed by atoms with Crippen LogP contribution in [0.2, 0.25) is 0 Å². The van der Waals surface area contributed by atoms with Gasteiger partial charge in [0.1, 0.15) is 6.04 Å². The first kappa shape index (κ1) is 17.3. The zero-order valence-corrected chi connectivity index (χ0v) is 14.5. The molecule has 1 saturated carbocycles. The predicted molar refractivity (Wildman–Crippen MR) is 95.1 cm³/mol. The van der Waals surface area contributed by atoms with Crippen LogP contribution in [0.1, 0.15) is 42.3 Å². The second kappa shape index (κ2) is 7.55. The Balaban J connectivity index is 1.66. The third kappa shape index (κ3) is 4.50. The molecule has 1 unspecified atom stereocenters. The zero-order valence-electron chi connectivity index (χ0n) is 14.5. The van der Waals surface area contributed by atoms with E-state index in [1.54, 1.807) is 12.1 Å². The van der Waals surface area contributed by atoms with Crippen LogP contribution in [0, 0.1) is 5.41 Å². The van der Waals surface area contributed by atoms with Crippen LogP contribution in [0.3, 0.4) is 0 Å². The summed E-state index contributed by atoms with van der Waals surface area (Å²) >= 11 is 0. The Morgan fingerprint density at radius 1 is 1.16 bits per heavy atom. The molecule has 2 amide bonds. The number of hydrogen-bond donors (Lipinski definition) is 2. The monoisotopic (exact) mass is 340 g/mol. The Bertz CT molecular complexity index is 706. The molecule has 1 aromatic heterocycles. The lowest BCUT2D eigenvalue weighted by Gasteiger charge is -2.20. The number of benzene rings is 1. The van der Waals surface area contributed by atoms with E-state index in [0.29, 0.717) is 13.0 Å². The SMILES string of the molecule is CCC1(CNC(=O)C(Cc2ccccc2)NC(=O)c2ccco2)CC1. The number of amides is 2. The first-order valence-electron chi connectivity index (χ1n) is 8.78. The lowest BCUT2D eigenvalue weighted by Crippen LogP contribution is -2.49. The average molecular weight is 340 g/mol. The molecular weight excluding hydrogens is 316 g/mol. The quantitative estimate of drug-likeness (QED) is 0.776. The topological polar surface area (TPSA) is 71.3 Å². The van der Waals surface area contributed by atoms with Crippen LogP contribution in [0.5, 0.6) is 0 Å². The first-order valence-corrected chi connectivity index (χ1v) is 8.78. The van der Waals surface area contributed by atoms with Gasteiger partial charge in [0.05, 0.1) is 6.26 Å². The molecule has 3 rings (SSSR count). The molecule has 1 atom stereocenters. The van der Waals surface area contributed by atoms with Gasteiger partial charge in [-0.05, 0) is 42.4 Å². The number of carbonyl (C=O) groups excluding carboxylic acids is 2. The summed E-state index contributed by atoms with van der Waals surface area (Å²) < 4.78 is 5.12. The molecule has 5 nitrogen and oxygen atoms in total. The van der Waals surface area contributed by atoms with Crippen LogP contribution in [-0.4, -0.2) is 24.4 Å². The molecule has 1 aliphatic carbocycles. The largest absolute Gasteiger partial charge is 0.459 e. The fraction of sp³-hybridized carbons (Fsp3) is 0.400. The molecule has 0 bridgehead atoms. The standard InChI is InChI=1S/C20H24N2O3/c1-2-20(10-11-20)14-21-18(23)16(13-15-7-4-3-5-8-15)22-19(24)17-9-6-12-25-17/h3-9,12,16H,2,10-11,13-14H2,1H3,(H,21,23)(H,22,24). The Morgan fingerprint density at radius 3 is 2.52 bits per heavy atom. The number of hydrogen-bond acceptors (Lipinski definition) is 3. The van der Waals surface area contributed by atoms with Crippen molar-refractivity contribution in [2.75, 3.05) is 6.54 Å². The van der Waals surface area contributed by atoms with Crippen LogP contribution >= 0.6 is 0 Å². The zero-order chi connectivity index (χ0) is 17.7. The van der Waals surface area contributed by atoms with E-state index in [2.05, 4.69) is 17.6 Å². The minimum Gasteiger partial charge on any atom is -0.459 e. The Morgan fingerprint density at radius 2 is 1.92 bits per heavy atom. The van der Waals surface area contributed by atoms with E-state index in [1.165, 1.54) is 6.26 Å². The highest BCUT2D eigenvalue weighted by molar-refractivity contribution is 5.95. The van der Waals surface area contributed by atoms with Crippen molar-refractivity contribution in [3.05, 3.63) is 60.1 Å². The minimum atomic E-state index is -0.632. The summed E-state index contributed by atoms with van der Waals surface area (Å²) in [6.07, 6.45) is 5.27. The first-order chi connectivity index (χ1) is 12.1. The van der Waals surface area contributed by atoms with E-state index in [9.17, 15) is 9.59 Å². The van der Waals surface area contributed by atoms with Gasteiger partial charge in [0, 0.05) is 13.0 Å². The maximum atomic E-state index is 12.7. The summed E-state index contributed by atoms with van der Waals surface area (Å²) in [6.45, 7) is 2.82. The molecule has 0 saturated heterocycles. The molecule has 1 heterocycles. The van der Waals surface area contributed by atoms with Crippen molar-refractivity contribution in [1.29, 1.82) is 0 Å². The number of carbonyl (C=O) groups is 2. The van der Waals surface area contributed by atoms with Crippen molar-refractivity contribution in [1.82, 2.24) is 10.6 Å². The highest BCUT2D eigenvalue weighted by Gasteiger charge is 2.41. The maximum Gasteiger partial charge on any atom is 0.287 e. The Hall–Kier alpha value is -2.56. The van der Waals surface area contributed by atoms with Gasteiger partial charge < -0.3 is 15.1 Å². The van der Waals surface area contributed by atoms with E-state index in [1.807, 2.05) is 30.3 Å².